The number of hydrogen-bond acceptors (Lipinski definition) is 4. The fourth-order valence-electron chi connectivity index (χ4n) is 2.72. The van der Waals surface area contributed by atoms with E-state index in [1.54, 1.807) is 36.4 Å². The summed E-state index contributed by atoms with van der Waals surface area (Å²) in [6.07, 6.45) is 0. The van der Waals surface area contributed by atoms with Crippen LogP contribution in [0, 0.1) is 0 Å². The van der Waals surface area contributed by atoms with Gasteiger partial charge in [-0.2, -0.15) is 0 Å². The zero-order valence-corrected chi connectivity index (χ0v) is 13.1. The molecule has 0 spiro atoms. The number of methoxy groups -OCH3 is 2. The molecule has 6 heteroatoms. The third kappa shape index (κ3) is 2.38. The van der Waals surface area contributed by atoms with E-state index in [0.29, 0.717) is 16.8 Å². The van der Waals surface area contributed by atoms with Crippen LogP contribution in [0.4, 0.5) is 0 Å². The number of benzene rings is 2. The monoisotopic (exact) mass is 325 g/mol. The number of H-pyrrole nitrogens is 1. The Labute approximate surface area is 137 Å². The van der Waals surface area contributed by atoms with Crippen molar-refractivity contribution in [2.24, 2.45) is 0 Å². The maximum atomic E-state index is 12.9. The van der Waals surface area contributed by atoms with Crippen molar-refractivity contribution in [2.45, 2.75) is 0 Å². The summed E-state index contributed by atoms with van der Waals surface area (Å²) >= 11 is 0. The van der Waals surface area contributed by atoms with Gasteiger partial charge in [0.15, 0.2) is 11.5 Å². The van der Waals surface area contributed by atoms with E-state index in [-0.39, 0.29) is 22.4 Å². The Morgan fingerprint density at radius 1 is 1.04 bits per heavy atom. The van der Waals surface area contributed by atoms with Gasteiger partial charge in [-0.25, -0.2) is 4.79 Å². The van der Waals surface area contributed by atoms with Gasteiger partial charge in [0.2, 0.25) is 5.43 Å². The number of aromatic amines is 1. The van der Waals surface area contributed by atoms with Crippen LogP contribution < -0.4 is 14.9 Å². The van der Waals surface area contributed by atoms with Crippen LogP contribution in [0.5, 0.6) is 11.5 Å². The van der Waals surface area contributed by atoms with Crippen LogP contribution in [0.15, 0.2) is 47.3 Å². The molecule has 0 aliphatic rings. The molecule has 0 amide bonds. The molecule has 6 nitrogen and oxygen atoms in total. The minimum Gasteiger partial charge on any atom is -0.493 e. The number of pyridine rings is 1. The maximum absolute atomic E-state index is 12.9. The molecule has 1 heterocycles. The second kappa shape index (κ2) is 6.08. The number of fused-ring (bicyclic) bond motifs is 1. The highest BCUT2D eigenvalue weighted by molar-refractivity contribution is 6.01. The van der Waals surface area contributed by atoms with E-state index in [9.17, 15) is 14.7 Å². The van der Waals surface area contributed by atoms with Crippen molar-refractivity contribution < 1.29 is 19.4 Å². The number of hydrogen-bond donors (Lipinski definition) is 2. The van der Waals surface area contributed by atoms with Crippen molar-refractivity contribution >= 4 is 16.9 Å². The molecule has 24 heavy (non-hydrogen) atoms. The van der Waals surface area contributed by atoms with Crippen molar-refractivity contribution in [3.8, 4) is 22.8 Å². The largest absolute Gasteiger partial charge is 0.493 e. The summed E-state index contributed by atoms with van der Waals surface area (Å²) in [6, 6.07) is 12.2. The van der Waals surface area contributed by atoms with Crippen LogP contribution in [-0.4, -0.2) is 30.3 Å². The van der Waals surface area contributed by atoms with Crippen LogP contribution in [-0.2, 0) is 0 Å². The number of ether oxygens (including phenoxy) is 2. The molecule has 0 saturated heterocycles. The Morgan fingerprint density at radius 3 is 2.33 bits per heavy atom. The zero-order chi connectivity index (χ0) is 17.3. The normalized spacial score (nSPS) is 10.6. The van der Waals surface area contributed by atoms with Gasteiger partial charge in [0.05, 0.1) is 30.8 Å². The van der Waals surface area contributed by atoms with Crippen molar-refractivity contribution in [3.63, 3.8) is 0 Å². The lowest BCUT2D eigenvalue weighted by Gasteiger charge is -2.13. The molecule has 0 bridgehead atoms. The molecule has 0 radical (unpaired) electrons. The predicted octanol–water partition coefficient (Wildman–Crippen LogP) is 2.91. The van der Waals surface area contributed by atoms with Crippen LogP contribution in [0.2, 0.25) is 0 Å². The summed E-state index contributed by atoms with van der Waals surface area (Å²) in [5.74, 6) is -0.737. The molecular formula is C18H15NO5. The number of aromatic nitrogens is 1. The molecule has 1 aromatic heterocycles. The third-order valence-electron chi connectivity index (χ3n) is 3.79. The molecule has 2 aromatic carbocycles. The summed E-state index contributed by atoms with van der Waals surface area (Å²) < 4.78 is 10.5. The van der Waals surface area contributed by atoms with E-state index in [1.807, 2.05) is 6.07 Å². The molecule has 0 aliphatic heterocycles. The number of aromatic carboxylic acids is 1. The second-order valence-electron chi connectivity index (χ2n) is 5.10. The van der Waals surface area contributed by atoms with Gasteiger partial charge in [0.1, 0.15) is 5.56 Å². The lowest BCUT2D eigenvalue weighted by molar-refractivity contribution is 0.0696. The molecule has 0 unspecified atom stereocenters. The Balaban J connectivity index is 2.47. The fraction of sp³-hybridized carbons (Fsp3) is 0.111. The van der Waals surface area contributed by atoms with E-state index in [1.165, 1.54) is 14.2 Å². The zero-order valence-electron chi connectivity index (χ0n) is 13.1. The first kappa shape index (κ1) is 15.6. The standard InChI is InChI=1S/C18H15NO5/c1-23-12-9-8-11-13(17(12)24-2)16(20)14(18(21)22)15(19-11)10-6-4-3-5-7-10/h3-9H,1-2H3,(H,19,20)(H,21,22). The topological polar surface area (TPSA) is 88.6 Å². The summed E-state index contributed by atoms with van der Waals surface area (Å²) in [5.41, 5.74) is 0.393. The predicted molar refractivity (Wildman–Crippen MR) is 90.1 cm³/mol. The number of carboxylic acid groups (broad SMARTS) is 1. The van der Waals surface area contributed by atoms with Gasteiger partial charge in [-0.3, -0.25) is 4.79 Å². The van der Waals surface area contributed by atoms with Crippen LogP contribution in [0.3, 0.4) is 0 Å². The summed E-state index contributed by atoms with van der Waals surface area (Å²) in [4.78, 5) is 27.6. The van der Waals surface area contributed by atoms with Crippen molar-refractivity contribution in [1.29, 1.82) is 0 Å². The van der Waals surface area contributed by atoms with Gasteiger partial charge in [-0.05, 0) is 17.7 Å². The highest BCUT2D eigenvalue weighted by Crippen LogP contribution is 2.34. The average molecular weight is 325 g/mol. The minimum atomic E-state index is -1.30. The molecule has 0 aliphatic carbocycles. The van der Waals surface area contributed by atoms with Crippen LogP contribution >= 0.6 is 0 Å². The SMILES string of the molecule is COc1ccc2[nH]c(-c3ccccc3)c(C(=O)O)c(=O)c2c1OC. The highest BCUT2D eigenvalue weighted by Gasteiger charge is 2.23. The van der Waals surface area contributed by atoms with Gasteiger partial charge in [-0.1, -0.05) is 30.3 Å². The van der Waals surface area contributed by atoms with E-state index >= 15 is 0 Å². The van der Waals surface area contributed by atoms with E-state index in [2.05, 4.69) is 4.98 Å². The van der Waals surface area contributed by atoms with Crippen molar-refractivity contribution in [2.75, 3.05) is 14.2 Å². The Morgan fingerprint density at radius 2 is 1.75 bits per heavy atom. The lowest BCUT2D eigenvalue weighted by atomic mass is 10.0. The van der Waals surface area contributed by atoms with Gasteiger partial charge in [0, 0.05) is 0 Å². The summed E-state index contributed by atoms with van der Waals surface area (Å²) in [6.45, 7) is 0. The quantitative estimate of drug-likeness (QED) is 0.770. The van der Waals surface area contributed by atoms with E-state index in [4.69, 9.17) is 9.47 Å². The van der Waals surface area contributed by atoms with E-state index in [0.717, 1.165) is 0 Å². The first-order valence-electron chi connectivity index (χ1n) is 7.18. The number of rotatable bonds is 4. The average Bonchev–Trinajstić information content (AvgIpc) is 2.60. The molecule has 0 atom stereocenters. The molecule has 122 valence electrons. The number of carboxylic acids is 1. The third-order valence-corrected chi connectivity index (χ3v) is 3.79. The summed E-state index contributed by atoms with van der Waals surface area (Å²) in [7, 11) is 2.86. The van der Waals surface area contributed by atoms with Crippen LogP contribution in [0.1, 0.15) is 10.4 Å². The molecular weight excluding hydrogens is 310 g/mol. The Kier molecular flexibility index (Phi) is 3.95. The molecule has 3 rings (SSSR count). The number of nitrogens with one attached hydrogen (secondary N) is 1. The van der Waals surface area contributed by atoms with Gasteiger partial charge in [0.25, 0.3) is 0 Å². The smallest absolute Gasteiger partial charge is 0.341 e. The minimum absolute atomic E-state index is 0.147. The van der Waals surface area contributed by atoms with Crippen LogP contribution in [0.25, 0.3) is 22.2 Å². The first-order chi connectivity index (χ1) is 11.6. The van der Waals surface area contributed by atoms with Gasteiger partial charge < -0.3 is 19.6 Å². The van der Waals surface area contributed by atoms with E-state index < -0.39 is 11.4 Å². The summed E-state index contributed by atoms with van der Waals surface area (Å²) in [5, 5.41) is 9.71. The first-order valence-corrected chi connectivity index (χ1v) is 7.18. The second-order valence-corrected chi connectivity index (χ2v) is 5.10. The van der Waals surface area contributed by atoms with Gasteiger partial charge in [-0.15, -0.1) is 0 Å². The Hall–Kier alpha value is -3.28. The lowest BCUT2D eigenvalue weighted by Crippen LogP contribution is -2.18. The van der Waals surface area contributed by atoms with Gasteiger partial charge >= 0.3 is 5.97 Å². The Bertz CT molecular complexity index is 976. The highest BCUT2D eigenvalue weighted by atomic mass is 16.5. The van der Waals surface area contributed by atoms with Crippen molar-refractivity contribution in [3.05, 3.63) is 58.3 Å². The molecule has 3 aromatic rings. The molecule has 0 fully saturated rings. The fourth-order valence-corrected chi connectivity index (χ4v) is 2.72. The molecule has 2 N–H and O–H groups in total. The van der Waals surface area contributed by atoms with Crippen molar-refractivity contribution in [1.82, 2.24) is 4.98 Å². The molecule has 0 saturated carbocycles. The maximum Gasteiger partial charge on any atom is 0.341 e. The number of carbonyl (C=O) groups is 1.